The van der Waals surface area contributed by atoms with Gasteiger partial charge in [0.2, 0.25) is 5.91 Å². The van der Waals surface area contributed by atoms with Gasteiger partial charge >= 0.3 is 5.97 Å². The molecule has 1 amide bonds. The summed E-state index contributed by atoms with van der Waals surface area (Å²) < 4.78 is 13.1. The minimum Gasteiger partial charge on any atom is -0.481 e. The molecule has 0 spiro atoms. The second kappa shape index (κ2) is 14.9. The first kappa shape index (κ1) is 30.4. The number of carboxylic acids is 1. The highest BCUT2D eigenvalue weighted by atomic mass is 16.7. The van der Waals surface area contributed by atoms with E-state index in [2.05, 4.69) is 36.3 Å². The standard InChI is InChI=1S/C33H40N2O6/c1-23-29(21-35(2)20-25-7-4-3-5-8-25)40-33(41-32(23)27-15-13-26(22-36)14-16-27)28-17-11-24(12-18-28)19-34-30(37)9-6-10-31(38)39/h3-5,7-8,11-18,23,29,32-33,36H,6,9-10,19-22H2,1-2H3,(H,34,37)(H,38,39). The highest BCUT2D eigenvalue weighted by Crippen LogP contribution is 2.41. The van der Waals surface area contributed by atoms with E-state index in [1.54, 1.807) is 0 Å². The number of rotatable bonds is 13. The lowest BCUT2D eigenvalue weighted by atomic mass is 9.90. The molecule has 41 heavy (non-hydrogen) atoms. The molecule has 4 unspecified atom stereocenters. The molecule has 1 fully saturated rings. The van der Waals surface area contributed by atoms with Crippen molar-refractivity contribution in [3.63, 3.8) is 0 Å². The molecule has 0 bridgehead atoms. The normalized spacial score (nSPS) is 20.6. The van der Waals surface area contributed by atoms with E-state index in [0.29, 0.717) is 13.0 Å². The molecule has 0 saturated carbocycles. The van der Waals surface area contributed by atoms with Crippen molar-refractivity contribution in [2.75, 3.05) is 13.6 Å². The maximum absolute atomic E-state index is 12.0. The Hall–Kier alpha value is -3.56. The molecule has 0 radical (unpaired) electrons. The smallest absolute Gasteiger partial charge is 0.303 e. The van der Waals surface area contributed by atoms with Crippen LogP contribution in [-0.2, 0) is 38.8 Å². The van der Waals surface area contributed by atoms with Crippen LogP contribution in [0.2, 0.25) is 0 Å². The van der Waals surface area contributed by atoms with E-state index in [1.165, 1.54) is 5.56 Å². The molecule has 8 nitrogen and oxygen atoms in total. The van der Waals surface area contributed by atoms with Crippen LogP contribution in [0.15, 0.2) is 78.9 Å². The maximum Gasteiger partial charge on any atom is 0.303 e. The third kappa shape index (κ3) is 8.96. The topological polar surface area (TPSA) is 108 Å². The molecule has 3 aromatic rings. The second-order valence-electron chi connectivity index (χ2n) is 10.8. The average molecular weight is 561 g/mol. The number of carboxylic acid groups (broad SMARTS) is 1. The summed E-state index contributed by atoms with van der Waals surface area (Å²) in [5.41, 5.74) is 4.96. The Balaban J connectivity index is 1.45. The lowest BCUT2D eigenvalue weighted by Crippen LogP contribution is -2.43. The molecule has 1 aliphatic rings. The summed E-state index contributed by atoms with van der Waals surface area (Å²) in [6.07, 6.45) is -0.356. The molecule has 8 heteroatoms. The van der Waals surface area contributed by atoms with Gasteiger partial charge in [0.25, 0.3) is 0 Å². The molecule has 3 aromatic carbocycles. The highest BCUT2D eigenvalue weighted by molar-refractivity contribution is 5.76. The Morgan fingerprint density at radius 2 is 1.51 bits per heavy atom. The van der Waals surface area contributed by atoms with Crippen molar-refractivity contribution in [1.29, 1.82) is 0 Å². The number of ether oxygens (including phenoxy) is 2. The Kier molecular flexibility index (Phi) is 11.0. The average Bonchev–Trinajstić information content (AvgIpc) is 2.98. The van der Waals surface area contributed by atoms with E-state index in [0.717, 1.165) is 35.3 Å². The van der Waals surface area contributed by atoms with Crippen molar-refractivity contribution >= 4 is 11.9 Å². The van der Waals surface area contributed by atoms with Gasteiger partial charge in [-0.1, -0.05) is 85.8 Å². The Morgan fingerprint density at radius 1 is 0.854 bits per heavy atom. The fourth-order valence-corrected chi connectivity index (χ4v) is 5.08. The first-order chi connectivity index (χ1) is 19.8. The van der Waals surface area contributed by atoms with E-state index in [9.17, 15) is 14.7 Å². The zero-order valence-electron chi connectivity index (χ0n) is 23.7. The van der Waals surface area contributed by atoms with Gasteiger partial charge in [0.15, 0.2) is 6.29 Å². The molecule has 0 aromatic heterocycles. The van der Waals surface area contributed by atoms with E-state index in [-0.39, 0.29) is 43.5 Å². The number of aliphatic hydroxyl groups is 1. The van der Waals surface area contributed by atoms with Crippen LogP contribution in [0.5, 0.6) is 0 Å². The third-order valence-corrected chi connectivity index (χ3v) is 7.45. The zero-order chi connectivity index (χ0) is 29.2. The number of likely N-dealkylation sites (N-methyl/N-ethyl adjacent to an activating group) is 1. The molecule has 4 atom stereocenters. The summed E-state index contributed by atoms with van der Waals surface area (Å²) in [7, 11) is 2.10. The fourth-order valence-electron chi connectivity index (χ4n) is 5.08. The molecular formula is C33H40N2O6. The number of amides is 1. The van der Waals surface area contributed by atoms with E-state index in [1.807, 2.05) is 66.7 Å². The Bertz CT molecular complexity index is 1250. The van der Waals surface area contributed by atoms with Crippen LogP contribution in [0.25, 0.3) is 0 Å². The maximum atomic E-state index is 12.0. The van der Waals surface area contributed by atoms with Crippen LogP contribution in [-0.4, -0.2) is 46.7 Å². The summed E-state index contributed by atoms with van der Waals surface area (Å²) in [4.78, 5) is 25.0. The van der Waals surface area contributed by atoms with E-state index >= 15 is 0 Å². The van der Waals surface area contributed by atoms with Gasteiger partial charge in [-0.2, -0.15) is 0 Å². The van der Waals surface area contributed by atoms with Gasteiger partial charge < -0.3 is 25.0 Å². The number of carbonyl (C=O) groups excluding carboxylic acids is 1. The molecular weight excluding hydrogens is 520 g/mol. The van der Waals surface area contributed by atoms with Crippen molar-refractivity contribution in [3.8, 4) is 0 Å². The van der Waals surface area contributed by atoms with Crippen molar-refractivity contribution < 1.29 is 29.3 Å². The Morgan fingerprint density at radius 3 is 2.17 bits per heavy atom. The molecule has 4 rings (SSSR count). The van der Waals surface area contributed by atoms with Crippen LogP contribution in [0.3, 0.4) is 0 Å². The second-order valence-corrected chi connectivity index (χ2v) is 10.8. The van der Waals surface area contributed by atoms with E-state index < -0.39 is 12.3 Å². The highest BCUT2D eigenvalue weighted by Gasteiger charge is 2.38. The number of benzene rings is 3. The number of hydrogen-bond acceptors (Lipinski definition) is 6. The molecule has 1 saturated heterocycles. The molecule has 1 aliphatic heterocycles. The van der Waals surface area contributed by atoms with Crippen LogP contribution in [0, 0.1) is 5.92 Å². The summed E-state index contributed by atoms with van der Waals surface area (Å²) in [6.45, 7) is 4.06. The van der Waals surface area contributed by atoms with Gasteiger partial charge in [0.05, 0.1) is 18.8 Å². The summed E-state index contributed by atoms with van der Waals surface area (Å²) >= 11 is 0. The van der Waals surface area contributed by atoms with Gasteiger partial charge in [0.1, 0.15) is 0 Å². The zero-order valence-corrected chi connectivity index (χ0v) is 23.7. The van der Waals surface area contributed by atoms with Crippen LogP contribution >= 0.6 is 0 Å². The molecule has 1 heterocycles. The summed E-state index contributed by atoms with van der Waals surface area (Å²) in [6, 6.07) is 26.1. The predicted molar refractivity (Wildman–Crippen MR) is 156 cm³/mol. The predicted octanol–water partition coefficient (Wildman–Crippen LogP) is 4.97. The number of carbonyl (C=O) groups is 2. The number of nitrogens with one attached hydrogen (secondary N) is 1. The minimum atomic E-state index is -0.899. The number of hydrogen-bond donors (Lipinski definition) is 3. The molecule has 0 aliphatic carbocycles. The fraction of sp³-hybridized carbons (Fsp3) is 0.394. The number of aliphatic hydroxyl groups excluding tert-OH is 1. The molecule has 3 N–H and O–H groups in total. The molecule has 218 valence electrons. The summed E-state index contributed by atoms with van der Waals surface area (Å²) in [5.74, 6) is -0.981. The lowest BCUT2D eigenvalue weighted by molar-refractivity contribution is -0.276. The van der Waals surface area contributed by atoms with Crippen molar-refractivity contribution in [1.82, 2.24) is 10.2 Å². The van der Waals surface area contributed by atoms with Gasteiger partial charge in [0, 0.05) is 44.0 Å². The van der Waals surface area contributed by atoms with Gasteiger partial charge in [-0.05, 0) is 35.7 Å². The quantitative estimate of drug-likeness (QED) is 0.271. The van der Waals surface area contributed by atoms with Crippen molar-refractivity contribution in [2.24, 2.45) is 5.92 Å². The first-order valence-corrected chi connectivity index (χ1v) is 14.1. The van der Waals surface area contributed by atoms with Gasteiger partial charge in [-0.3, -0.25) is 14.5 Å². The Labute approximate surface area is 241 Å². The minimum absolute atomic E-state index is 0.00482. The largest absolute Gasteiger partial charge is 0.481 e. The van der Waals surface area contributed by atoms with Crippen molar-refractivity contribution in [3.05, 3.63) is 107 Å². The first-order valence-electron chi connectivity index (χ1n) is 14.1. The van der Waals surface area contributed by atoms with Crippen LogP contribution in [0.4, 0.5) is 0 Å². The monoisotopic (exact) mass is 560 g/mol. The SMILES string of the molecule is CC1C(CN(C)Cc2ccccc2)OC(c2ccc(CNC(=O)CCCC(=O)O)cc2)OC1c1ccc(CO)cc1. The number of nitrogens with zero attached hydrogens (tertiary/aromatic N) is 1. The lowest BCUT2D eigenvalue weighted by Gasteiger charge is -2.42. The van der Waals surface area contributed by atoms with E-state index in [4.69, 9.17) is 14.6 Å². The van der Waals surface area contributed by atoms with Gasteiger partial charge in [-0.15, -0.1) is 0 Å². The summed E-state index contributed by atoms with van der Waals surface area (Å²) in [5, 5.41) is 21.1. The van der Waals surface area contributed by atoms with Crippen LogP contribution in [0.1, 0.15) is 66.4 Å². The van der Waals surface area contributed by atoms with Crippen molar-refractivity contribution in [2.45, 2.75) is 64.4 Å². The van der Waals surface area contributed by atoms with Gasteiger partial charge in [-0.25, -0.2) is 0 Å². The third-order valence-electron chi connectivity index (χ3n) is 7.45. The van der Waals surface area contributed by atoms with Crippen LogP contribution < -0.4 is 5.32 Å². The number of aliphatic carboxylic acids is 1.